The molecule has 0 radical (unpaired) electrons. The van der Waals surface area contributed by atoms with E-state index in [1.165, 1.54) is 0 Å². The fourth-order valence-corrected chi connectivity index (χ4v) is 1.96. The molecule has 1 unspecified atom stereocenters. The van der Waals surface area contributed by atoms with Crippen LogP contribution in [0.5, 0.6) is 0 Å². The van der Waals surface area contributed by atoms with E-state index in [2.05, 4.69) is 5.32 Å². The molecule has 0 fully saturated rings. The SMILES string of the molecule is Cn1cccc1-c1cc(N)ccc1NCC(O)CO. The van der Waals surface area contributed by atoms with E-state index < -0.39 is 6.10 Å². The van der Waals surface area contributed by atoms with Crippen LogP contribution in [0.25, 0.3) is 11.3 Å². The molecule has 19 heavy (non-hydrogen) atoms. The van der Waals surface area contributed by atoms with Crippen LogP contribution in [0.1, 0.15) is 0 Å². The fraction of sp³-hybridized carbons (Fsp3) is 0.286. The van der Waals surface area contributed by atoms with E-state index in [0.717, 1.165) is 16.9 Å². The molecule has 2 aromatic rings. The number of hydrogen-bond donors (Lipinski definition) is 4. The predicted molar refractivity (Wildman–Crippen MR) is 76.8 cm³/mol. The Morgan fingerprint density at radius 2 is 2.16 bits per heavy atom. The summed E-state index contributed by atoms with van der Waals surface area (Å²) >= 11 is 0. The summed E-state index contributed by atoms with van der Waals surface area (Å²) in [5.74, 6) is 0. The molecule has 1 aromatic carbocycles. The molecule has 0 saturated carbocycles. The van der Waals surface area contributed by atoms with E-state index in [1.54, 1.807) is 6.07 Å². The van der Waals surface area contributed by atoms with Gasteiger partial charge in [-0.2, -0.15) is 0 Å². The van der Waals surface area contributed by atoms with Crippen molar-refractivity contribution in [2.24, 2.45) is 7.05 Å². The molecule has 2 rings (SSSR count). The van der Waals surface area contributed by atoms with Crippen LogP contribution in [0.4, 0.5) is 11.4 Å². The zero-order valence-corrected chi connectivity index (χ0v) is 10.9. The third-order valence-electron chi connectivity index (χ3n) is 3.00. The first-order valence-corrected chi connectivity index (χ1v) is 6.16. The number of aryl methyl sites for hydroxylation is 1. The number of anilines is 2. The lowest BCUT2D eigenvalue weighted by Gasteiger charge is -2.15. The summed E-state index contributed by atoms with van der Waals surface area (Å²) in [4.78, 5) is 0. The second kappa shape index (κ2) is 5.77. The lowest BCUT2D eigenvalue weighted by atomic mass is 10.1. The highest BCUT2D eigenvalue weighted by Gasteiger charge is 2.09. The standard InChI is InChI=1S/C14H19N3O2/c1-17-6-2-3-14(17)12-7-10(15)4-5-13(12)16-8-11(19)9-18/h2-7,11,16,18-19H,8-9,15H2,1H3. The highest BCUT2D eigenvalue weighted by molar-refractivity contribution is 5.79. The summed E-state index contributed by atoms with van der Waals surface area (Å²) in [6.07, 6.45) is 1.18. The van der Waals surface area contributed by atoms with Crippen LogP contribution in [-0.4, -0.2) is 34.0 Å². The van der Waals surface area contributed by atoms with E-state index in [9.17, 15) is 5.11 Å². The Morgan fingerprint density at radius 3 is 2.79 bits per heavy atom. The quantitative estimate of drug-likeness (QED) is 0.606. The van der Waals surface area contributed by atoms with Crippen molar-refractivity contribution in [2.75, 3.05) is 24.2 Å². The molecule has 0 amide bonds. The molecule has 102 valence electrons. The summed E-state index contributed by atoms with van der Waals surface area (Å²) in [5, 5.41) is 21.4. The van der Waals surface area contributed by atoms with Crippen molar-refractivity contribution >= 4 is 11.4 Å². The zero-order chi connectivity index (χ0) is 13.8. The van der Waals surface area contributed by atoms with Crippen molar-refractivity contribution in [3.63, 3.8) is 0 Å². The van der Waals surface area contributed by atoms with Gasteiger partial charge in [-0.15, -0.1) is 0 Å². The molecule has 0 spiro atoms. The Labute approximate surface area is 112 Å². The van der Waals surface area contributed by atoms with Crippen molar-refractivity contribution in [3.8, 4) is 11.3 Å². The molecule has 0 aliphatic rings. The number of nitrogens with two attached hydrogens (primary N) is 1. The minimum atomic E-state index is -0.779. The molecule has 5 N–H and O–H groups in total. The lowest BCUT2D eigenvalue weighted by Crippen LogP contribution is -2.23. The van der Waals surface area contributed by atoms with Crippen molar-refractivity contribution in [2.45, 2.75) is 6.10 Å². The highest BCUT2D eigenvalue weighted by atomic mass is 16.3. The van der Waals surface area contributed by atoms with Gasteiger partial charge < -0.3 is 25.8 Å². The third kappa shape index (κ3) is 3.07. The Bertz CT molecular complexity index is 551. The normalized spacial score (nSPS) is 12.4. The molecule has 5 heteroatoms. The lowest BCUT2D eigenvalue weighted by molar-refractivity contribution is 0.105. The first-order valence-electron chi connectivity index (χ1n) is 6.16. The molecular weight excluding hydrogens is 242 g/mol. The minimum Gasteiger partial charge on any atom is -0.399 e. The van der Waals surface area contributed by atoms with Gasteiger partial charge in [0.1, 0.15) is 0 Å². The molecule has 0 saturated heterocycles. The van der Waals surface area contributed by atoms with Gasteiger partial charge in [-0.25, -0.2) is 0 Å². The number of nitrogens with zero attached hydrogens (tertiary/aromatic N) is 1. The van der Waals surface area contributed by atoms with Gasteiger partial charge in [0.25, 0.3) is 0 Å². The number of hydrogen-bond acceptors (Lipinski definition) is 4. The van der Waals surface area contributed by atoms with E-state index in [-0.39, 0.29) is 13.2 Å². The van der Waals surface area contributed by atoms with Crippen LogP contribution in [0.2, 0.25) is 0 Å². The molecule has 1 atom stereocenters. The predicted octanol–water partition coefficient (Wildman–Crippen LogP) is 1.04. The number of aromatic nitrogens is 1. The van der Waals surface area contributed by atoms with Gasteiger partial charge in [-0.05, 0) is 30.3 Å². The van der Waals surface area contributed by atoms with Gasteiger partial charge in [0.05, 0.1) is 12.7 Å². The molecule has 0 aliphatic heterocycles. The summed E-state index contributed by atoms with van der Waals surface area (Å²) < 4.78 is 2.00. The summed E-state index contributed by atoms with van der Waals surface area (Å²) in [5.41, 5.74) is 9.41. The monoisotopic (exact) mass is 261 g/mol. The topological polar surface area (TPSA) is 83.4 Å². The number of rotatable bonds is 5. The Balaban J connectivity index is 2.31. The van der Waals surface area contributed by atoms with E-state index >= 15 is 0 Å². The van der Waals surface area contributed by atoms with Crippen LogP contribution in [0.3, 0.4) is 0 Å². The first-order chi connectivity index (χ1) is 9.11. The minimum absolute atomic E-state index is 0.262. The number of aliphatic hydroxyl groups is 2. The van der Waals surface area contributed by atoms with Crippen LogP contribution in [0.15, 0.2) is 36.5 Å². The maximum Gasteiger partial charge on any atom is 0.0942 e. The van der Waals surface area contributed by atoms with Crippen molar-refractivity contribution in [3.05, 3.63) is 36.5 Å². The van der Waals surface area contributed by atoms with Crippen molar-refractivity contribution in [1.29, 1.82) is 0 Å². The van der Waals surface area contributed by atoms with Gasteiger partial charge in [0, 0.05) is 42.4 Å². The summed E-state index contributed by atoms with van der Waals surface area (Å²) in [6, 6.07) is 9.54. The van der Waals surface area contributed by atoms with Gasteiger partial charge in [0.2, 0.25) is 0 Å². The van der Waals surface area contributed by atoms with E-state index in [4.69, 9.17) is 10.8 Å². The number of nitrogens with one attached hydrogen (secondary N) is 1. The van der Waals surface area contributed by atoms with E-state index in [1.807, 2.05) is 42.1 Å². The second-order valence-electron chi connectivity index (χ2n) is 4.53. The fourth-order valence-electron chi connectivity index (χ4n) is 1.96. The number of benzene rings is 1. The Morgan fingerprint density at radius 1 is 1.37 bits per heavy atom. The second-order valence-corrected chi connectivity index (χ2v) is 4.53. The van der Waals surface area contributed by atoms with Crippen LogP contribution in [-0.2, 0) is 7.05 Å². The molecule has 1 aromatic heterocycles. The Hall–Kier alpha value is -1.98. The van der Waals surface area contributed by atoms with Gasteiger partial charge in [0.15, 0.2) is 0 Å². The highest BCUT2D eigenvalue weighted by Crippen LogP contribution is 2.30. The number of nitrogen functional groups attached to an aromatic ring is 1. The molecule has 0 aliphatic carbocycles. The summed E-state index contributed by atoms with van der Waals surface area (Å²) in [7, 11) is 1.96. The van der Waals surface area contributed by atoms with Crippen LogP contribution >= 0.6 is 0 Å². The molecule has 0 bridgehead atoms. The van der Waals surface area contributed by atoms with Crippen LogP contribution < -0.4 is 11.1 Å². The largest absolute Gasteiger partial charge is 0.399 e. The zero-order valence-electron chi connectivity index (χ0n) is 10.9. The van der Waals surface area contributed by atoms with Crippen molar-refractivity contribution in [1.82, 2.24) is 4.57 Å². The van der Waals surface area contributed by atoms with Gasteiger partial charge in [-0.3, -0.25) is 0 Å². The summed E-state index contributed by atoms with van der Waals surface area (Å²) in [6.45, 7) is 0.0271. The maximum absolute atomic E-state index is 9.41. The first kappa shape index (κ1) is 13.5. The smallest absolute Gasteiger partial charge is 0.0942 e. The molecule has 1 heterocycles. The number of aliphatic hydroxyl groups excluding tert-OH is 2. The van der Waals surface area contributed by atoms with Crippen molar-refractivity contribution < 1.29 is 10.2 Å². The molecular formula is C14H19N3O2. The third-order valence-corrected chi connectivity index (χ3v) is 3.00. The molecule has 5 nitrogen and oxygen atoms in total. The van der Waals surface area contributed by atoms with Gasteiger partial charge in [-0.1, -0.05) is 0 Å². The average molecular weight is 261 g/mol. The van der Waals surface area contributed by atoms with E-state index in [0.29, 0.717) is 5.69 Å². The Kier molecular flexibility index (Phi) is 4.09. The van der Waals surface area contributed by atoms with Crippen LogP contribution in [0, 0.1) is 0 Å². The average Bonchev–Trinajstić information content (AvgIpc) is 2.83. The van der Waals surface area contributed by atoms with Gasteiger partial charge >= 0.3 is 0 Å². The maximum atomic E-state index is 9.41.